The molecule has 1 atom stereocenters. The summed E-state index contributed by atoms with van der Waals surface area (Å²) in [5.74, 6) is -0.0735. The number of rotatable bonds is 6. The Kier molecular flexibility index (Phi) is 5.28. The van der Waals surface area contributed by atoms with Gasteiger partial charge in [-0.05, 0) is 35.1 Å². The molecule has 24 heavy (non-hydrogen) atoms. The van der Waals surface area contributed by atoms with Crippen molar-refractivity contribution >= 4 is 11.4 Å². The normalized spacial score (nSPS) is 12.0. The van der Waals surface area contributed by atoms with Crippen molar-refractivity contribution in [2.24, 2.45) is 0 Å². The SMILES string of the molecule is CCc1cc([N+](=O)[O-])ccc1C(C)c1cc([N+](=O)[O-])ccc1CC. The largest absolute Gasteiger partial charge is 0.269 e. The Labute approximate surface area is 140 Å². The van der Waals surface area contributed by atoms with Crippen molar-refractivity contribution in [2.45, 2.75) is 39.5 Å². The van der Waals surface area contributed by atoms with Crippen LogP contribution in [0.1, 0.15) is 48.9 Å². The second-order valence-corrected chi connectivity index (χ2v) is 5.71. The molecule has 2 aromatic rings. The van der Waals surface area contributed by atoms with E-state index in [4.69, 9.17) is 0 Å². The standard InChI is InChI=1S/C18H20N2O4/c1-4-13-6-7-16(20(23)24)11-18(13)12(3)17-9-8-15(19(21)22)10-14(17)5-2/h6-12H,4-5H2,1-3H3. The van der Waals surface area contributed by atoms with Crippen molar-refractivity contribution in [3.8, 4) is 0 Å². The molecule has 0 spiro atoms. The van der Waals surface area contributed by atoms with Gasteiger partial charge in [-0.25, -0.2) is 0 Å². The lowest BCUT2D eigenvalue weighted by Crippen LogP contribution is -2.05. The molecular weight excluding hydrogens is 308 g/mol. The molecule has 2 aromatic carbocycles. The van der Waals surface area contributed by atoms with E-state index in [0.29, 0.717) is 6.42 Å². The molecule has 0 amide bonds. The van der Waals surface area contributed by atoms with Crippen LogP contribution in [-0.2, 0) is 12.8 Å². The second-order valence-electron chi connectivity index (χ2n) is 5.71. The highest BCUT2D eigenvalue weighted by Crippen LogP contribution is 2.33. The Morgan fingerprint density at radius 1 is 0.833 bits per heavy atom. The van der Waals surface area contributed by atoms with Crippen molar-refractivity contribution in [1.82, 2.24) is 0 Å². The van der Waals surface area contributed by atoms with E-state index in [0.717, 1.165) is 28.7 Å². The van der Waals surface area contributed by atoms with Gasteiger partial charge in [-0.15, -0.1) is 0 Å². The Morgan fingerprint density at radius 3 is 1.92 bits per heavy atom. The molecule has 0 N–H and O–H groups in total. The van der Waals surface area contributed by atoms with Crippen LogP contribution in [0.3, 0.4) is 0 Å². The van der Waals surface area contributed by atoms with Crippen LogP contribution in [0.4, 0.5) is 11.4 Å². The third-order valence-electron chi connectivity index (χ3n) is 4.37. The summed E-state index contributed by atoms with van der Waals surface area (Å²) >= 11 is 0. The van der Waals surface area contributed by atoms with E-state index in [1.54, 1.807) is 24.3 Å². The molecule has 1 unspecified atom stereocenters. The smallest absolute Gasteiger partial charge is 0.258 e. The number of benzene rings is 2. The van der Waals surface area contributed by atoms with Crippen LogP contribution >= 0.6 is 0 Å². The minimum Gasteiger partial charge on any atom is -0.258 e. The van der Waals surface area contributed by atoms with Gasteiger partial charge in [0.05, 0.1) is 9.85 Å². The number of aryl methyl sites for hydroxylation is 2. The lowest BCUT2D eigenvalue weighted by Gasteiger charge is -2.19. The molecule has 0 aliphatic heterocycles. The van der Waals surface area contributed by atoms with E-state index >= 15 is 0 Å². The zero-order valence-electron chi connectivity index (χ0n) is 14.0. The molecule has 0 saturated heterocycles. The van der Waals surface area contributed by atoms with Crippen LogP contribution in [0.5, 0.6) is 0 Å². The minimum absolute atomic E-state index is 0.0639. The molecule has 6 heteroatoms. The van der Waals surface area contributed by atoms with Crippen molar-refractivity contribution in [1.29, 1.82) is 0 Å². The summed E-state index contributed by atoms with van der Waals surface area (Å²) in [4.78, 5) is 21.3. The minimum atomic E-state index is -0.404. The average molecular weight is 328 g/mol. The lowest BCUT2D eigenvalue weighted by molar-refractivity contribution is -0.385. The van der Waals surface area contributed by atoms with Gasteiger partial charge in [0.2, 0.25) is 0 Å². The predicted molar refractivity (Wildman–Crippen MR) is 92.5 cm³/mol. The van der Waals surface area contributed by atoms with E-state index in [9.17, 15) is 20.2 Å². The van der Waals surface area contributed by atoms with Crippen molar-refractivity contribution in [2.75, 3.05) is 0 Å². The van der Waals surface area contributed by atoms with Crippen molar-refractivity contribution < 1.29 is 9.85 Å². The Hall–Kier alpha value is -2.76. The molecule has 0 heterocycles. The molecule has 126 valence electrons. The molecule has 0 saturated carbocycles. The fourth-order valence-corrected chi connectivity index (χ4v) is 3.02. The highest BCUT2D eigenvalue weighted by molar-refractivity contribution is 5.49. The molecule has 0 radical (unpaired) electrons. The van der Waals surface area contributed by atoms with Gasteiger partial charge in [-0.3, -0.25) is 20.2 Å². The maximum atomic E-state index is 11.1. The van der Waals surface area contributed by atoms with Gasteiger partial charge >= 0.3 is 0 Å². The number of nitro groups is 2. The number of hydrogen-bond donors (Lipinski definition) is 0. The van der Waals surface area contributed by atoms with Crippen LogP contribution in [0.2, 0.25) is 0 Å². The molecule has 0 fully saturated rings. The third kappa shape index (κ3) is 3.42. The quantitative estimate of drug-likeness (QED) is 0.564. The topological polar surface area (TPSA) is 86.3 Å². The van der Waals surface area contributed by atoms with Crippen LogP contribution < -0.4 is 0 Å². The molecule has 0 aliphatic carbocycles. The zero-order valence-corrected chi connectivity index (χ0v) is 14.0. The zero-order chi connectivity index (χ0) is 17.9. The maximum absolute atomic E-state index is 11.1. The first-order valence-corrected chi connectivity index (χ1v) is 7.93. The first kappa shape index (κ1) is 17.6. The molecule has 2 rings (SSSR count). The number of nitrogens with zero attached hydrogens (tertiary/aromatic N) is 2. The first-order valence-electron chi connectivity index (χ1n) is 7.93. The summed E-state index contributed by atoms with van der Waals surface area (Å²) in [5, 5.41) is 22.1. The Bertz CT molecular complexity index is 787. The van der Waals surface area contributed by atoms with Gasteiger partial charge in [0.15, 0.2) is 0 Å². The van der Waals surface area contributed by atoms with Crippen molar-refractivity contribution in [3.05, 3.63) is 78.9 Å². The number of hydrogen-bond acceptors (Lipinski definition) is 4. The van der Waals surface area contributed by atoms with Gasteiger partial charge < -0.3 is 0 Å². The first-order chi connectivity index (χ1) is 11.4. The monoisotopic (exact) mass is 328 g/mol. The predicted octanol–water partition coefficient (Wildman–Crippen LogP) is 4.78. The van der Waals surface area contributed by atoms with Gasteiger partial charge in [-0.2, -0.15) is 0 Å². The molecule has 0 aromatic heterocycles. The lowest BCUT2D eigenvalue weighted by atomic mass is 9.85. The fraction of sp³-hybridized carbons (Fsp3) is 0.333. The van der Waals surface area contributed by atoms with Gasteiger partial charge in [-0.1, -0.05) is 32.9 Å². The molecule has 0 bridgehead atoms. The van der Waals surface area contributed by atoms with Gasteiger partial charge in [0, 0.05) is 30.2 Å². The van der Waals surface area contributed by atoms with E-state index < -0.39 is 9.85 Å². The third-order valence-corrected chi connectivity index (χ3v) is 4.37. The van der Waals surface area contributed by atoms with Gasteiger partial charge in [0.1, 0.15) is 0 Å². The molecular formula is C18H20N2O4. The summed E-state index contributed by atoms with van der Waals surface area (Å²) < 4.78 is 0. The summed E-state index contributed by atoms with van der Waals surface area (Å²) in [6.07, 6.45) is 1.43. The Morgan fingerprint density at radius 2 is 1.38 bits per heavy atom. The van der Waals surface area contributed by atoms with E-state index in [1.807, 2.05) is 20.8 Å². The maximum Gasteiger partial charge on any atom is 0.269 e. The van der Waals surface area contributed by atoms with E-state index in [-0.39, 0.29) is 17.3 Å². The van der Waals surface area contributed by atoms with Gasteiger partial charge in [0.25, 0.3) is 11.4 Å². The number of non-ortho nitro benzene ring substituents is 2. The molecule has 0 aliphatic rings. The highest BCUT2D eigenvalue weighted by Gasteiger charge is 2.20. The molecule has 6 nitrogen and oxygen atoms in total. The van der Waals surface area contributed by atoms with Crippen LogP contribution in [-0.4, -0.2) is 9.85 Å². The van der Waals surface area contributed by atoms with E-state index in [1.165, 1.54) is 12.1 Å². The van der Waals surface area contributed by atoms with Crippen LogP contribution in [0.25, 0.3) is 0 Å². The fourth-order valence-electron chi connectivity index (χ4n) is 3.02. The average Bonchev–Trinajstić information content (AvgIpc) is 2.59. The summed E-state index contributed by atoms with van der Waals surface area (Å²) in [7, 11) is 0. The second kappa shape index (κ2) is 7.21. The summed E-state index contributed by atoms with van der Waals surface area (Å²) in [6.45, 7) is 5.94. The summed E-state index contributed by atoms with van der Waals surface area (Å²) in [5.41, 5.74) is 3.94. The summed E-state index contributed by atoms with van der Waals surface area (Å²) in [6, 6.07) is 9.78. The van der Waals surface area contributed by atoms with Crippen LogP contribution in [0.15, 0.2) is 36.4 Å². The highest BCUT2D eigenvalue weighted by atomic mass is 16.6. The number of nitro benzene ring substituents is 2. The van der Waals surface area contributed by atoms with E-state index in [2.05, 4.69) is 0 Å². The van der Waals surface area contributed by atoms with Crippen molar-refractivity contribution in [3.63, 3.8) is 0 Å². The van der Waals surface area contributed by atoms with Crippen LogP contribution in [0, 0.1) is 20.2 Å². The Balaban J connectivity index is 2.55.